The Morgan fingerprint density at radius 3 is 2.84 bits per heavy atom. The summed E-state index contributed by atoms with van der Waals surface area (Å²) in [5.74, 6) is 0. The third-order valence-electron chi connectivity index (χ3n) is 3.50. The molecule has 19 heavy (non-hydrogen) atoms. The zero-order valence-electron chi connectivity index (χ0n) is 11.2. The van der Waals surface area contributed by atoms with E-state index in [1.807, 2.05) is 12.1 Å². The first-order valence-electron chi connectivity index (χ1n) is 6.95. The van der Waals surface area contributed by atoms with E-state index in [-0.39, 0.29) is 6.10 Å². The minimum absolute atomic E-state index is 0.0771. The Hall–Kier alpha value is -0.680. The van der Waals surface area contributed by atoms with Crippen LogP contribution < -0.4 is 5.32 Å². The van der Waals surface area contributed by atoms with Gasteiger partial charge in [-0.05, 0) is 44.0 Å². The Morgan fingerprint density at radius 1 is 1.37 bits per heavy atom. The largest absolute Gasteiger partial charge is 0.393 e. The number of nitrogens with one attached hydrogen (secondary N) is 1. The summed E-state index contributed by atoms with van der Waals surface area (Å²) in [6.07, 6.45) is 4.71. The van der Waals surface area contributed by atoms with Gasteiger partial charge in [-0.25, -0.2) is 4.98 Å². The van der Waals surface area contributed by atoms with Gasteiger partial charge in [-0.3, -0.25) is 0 Å². The number of aliphatic hydroxyl groups excluding tert-OH is 1. The Bertz CT molecular complexity index is 363. The number of nitrogens with zero attached hydrogens (tertiary/aromatic N) is 2. The van der Waals surface area contributed by atoms with Crippen molar-refractivity contribution in [1.29, 1.82) is 0 Å². The molecule has 0 amide bonds. The van der Waals surface area contributed by atoms with E-state index >= 15 is 0 Å². The van der Waals surface area contributed by atoms with Crippen LogP contribution in [-0.2, 0) is 6.54 Å². The third-order valence-corrected chi connectivity index (χ3v) is 3.73. The molecule has 1 aromatic rings. The smallest absolute Gasteiger partial charge is 0.129 e. The Morgan fingerprint density at radius 2 is 2.16 bits per heavy atom. The molecule has 1 aliphatic rings. The molecule has 1 aliphatic heterocycles. The zero-order chi connectivity index (χ0) is 13.5. The van der Waals surface area contributed by atoms with Crippen LogP contribution in [0.3, 0.4) is 0 Å². The van der Waals surface area contributed by atoms with Gasteiger partial charge in [0.1, 0.15) is 5.15 Å². The van der Waals surface area contributed by atoms with Gasteiger partial charge in [0.2, 0.25) is 0 Å². The lowest BCUT2D eigenvalue weighted by molar-refractivity contribution is 0.0821. The fraction of sp³-hybridized carbons (Fsp3) is 0.643. The molecule has 5 heteroatoms. The molecular weight excluding hydrogens is 262 g/mol. The standard InChI is InChI=1S/C14H22ClN3O/c15-14-3-2-12(11-17-14)10-16-6-1-7-18-8-4-13(19)5-9-18/h2-3,11,13,16,19H,1,4-10H2. The number of rotatable bonds is 6. The predicted molar refractivity (Wildman–Crippen MR) is 77.3 cm³/mol. The monoisotopic (exact) mass is 283 g/mol. The van der Waals surface area contributed by atoms with Gasteiger partial charge in [-0.1, -0.05) is 17.7 Å². The van der Waals surface area contributed by atoms with Crippen LogP contribution in [0.2, 0.25) is 5.15 Å². The lowest BCUT2D eigenvalue weighted by Gasteiger charge is -2.29. The lowest BCUT2D eigenvalue weighted by atomic mass is 10.1. The van der Waals surface area contributed by atoms with Gasteiger partial charge in [0.25, 0.3) is 0 Å². The highest BCUT2D eigenvalue weighted by Crippen LogP contribution is 2.09. The van der Waals surface area contributed by atoms with E-state index < -0.39 is 0 Å². The molecule has 1 aromatic heterocycles. The molecule has 0 unspecified atom stereocenters. The minimum Gasteiger partial charge on any atom is -0.393 e. The van der Waals surface area contributed by atoms with E-state index in [1.54, 1.807) is 6.20 Å². The molecule has 0 radical (unpaired) electrons. The summed E-state index contributed by atoms with van der Waals surface area (Å²) in [6.45, 7) is 5.01. The maximum absolute atomic E-state index is 9.43. The van der Waals surface area contributed by atoms with Crippen LogP contribution in [-0.4, -0.2) is 47.3 Å². The maximum atomic E-state index is 9.43. The van der Waals surface area contributed by atoms with Crippen LogP contribution in [0.4, 0.5) is 0 Å². The number of hydrogen-bond donors (Lipinski definition) is 2. The maximum Gasteiger partial charge on any atom is 0.129 e. The van der Waals surface area contributed by atoms with E-state index in [2.05, 4.69) is 15.2 Å². The molecule has 0 aromatic carbocycles. The van der Waals surface area contributed by atoms with Crippen molar-refractivity contribution < 1.29 is 5.11 Å². The normalized spacial score (nSPS) is 17.8. The summed E-state index contributed by atoms with van der Waals surface area (Å²) >= 11 is 5.74. The molecule has 106 valence electrons. The van der Waals surface area contributed by atoms with Gasteiger partial charge in [0, 0.05) is 25.8 Å². The molecule has 1 fully saturated rings. The summed E-state index contributed by atoms with van der Waals surface area (Å²) in [6, 6.07) is 3.81. The molecule has 0 bridgehead atoms. The quantitative estimate of drug-likeness (QED) is 0.616. The molecule has 4 nitrogen and oxygen atoms in total. The number of pyridine rings is 1. The van der Waals surface area contributed by atoms with E-state index in [9.17, 15) is 5.11 Å². The number of piperidine rings is 1. The van der Waals surface area contributed by atoms with Gasteiger partial charge in [-0.2, -0.15) is 0 Å². The van der Waals surface area contributed by atoms with Gasteiger partial charge in [0.05, 0.1) is 6.10 Å². The molecule has 0 saturated carbocycles. The minimum atomic E-state index is -0.0771. The summed E-state index contributed by atoms with van der Waals surface area (Å²) in [5.41, 5.74) is 1.16. The van der Waals surface area contributed by atoms with E-state index in [1.165, 1.54) is 0 Å². The SMILES string of the molecule is OC1CCN(CCCNCc2ccc(Cl)nc2)CC1. The van der Waals surface area contributed by atoms with Crippen molar-refractivity contribution in [3.63, 3.8) is 0 Å². The number of halogens is 1. The fourth-order valence-corrected chi connectivity index (χ4v) is 2.43. The first-order chi connectivity index (χ1) is 9.24. The van der Waals surface area contributed by atoms with Crippen molar-refractivity contribution in [3.8, 4) is 0 Å². The van der Waals surface area contributed by atoms with Crippen molar-refractivity contribution in [3.05, 3.63) is 29.0 Å². The van der Waals surface area contributed by atoms with Crippen LogP contribution in [0, 0.1) is 0 Å². The second-order valence-electron chi connectivity index (χ2n) is 5.09. The summed E-state index contributed by atoms with van der Waals surface area (Å²) in [5, 5.41) is 13.4. The average Bonchev–Trinajstić information content (AvgIpc) is 2.43. The van der Waals surface area contributed by atoms with Crippen LogP contribution in [0.15, 0.2) is 18.3 Å². The number of aromatic nitrogens is 1. The molecule has 2 heterocycles. The summed E-state index contributed by atoms with van der Waals surface area (Å²) in [4.78, 5) is 6.48. The number of likely N-dealkylation sites (tertiary alicyclic amines) is 1. The van der Waals surface area contributed by atoms with Crippen LogP contribution in [0.25, 0.3) is 0 Å². The van der Waals surface area contributed by atoms with Crippen molar-refractivity contribution >= 4 is 11.6 Å². The molecule has 0 spiro atoms. The Labute approximate surface area is 119 Å². The number of aliphatic hydroxyl groups is 1. The van der Waals surface area contributed by atoms with Crippen LogP contribution >= 0.6 is 11.6 Å². The average molecular weight is 284 g/mol. The zero-order valence-corrected chi connectivity index (χ0v) is 11.9. The van der Waals surface area contributed by atoms with Gasteiger partial charge < -0.3 is 15.3 Å². The van der Waals surface area contributed by atoms with E-state index in [0.717, 1.165) is 57.5 Å². The van der Waals surface area contributed by atoms with E-state index in [0.29, 0.717) is 5.15 Å². The summed E-state index contributed by atoms with van der Waals surface area (Å²) < 4.78 is 0. The first kappa shape index (κ1) is 14.7. The van der Waals surface area contributed by atoms with Crippen LogP contribution in [0.5, 0.6) is 0 Å². The van der Waals surface area contributed by atoms with Gasteiger partial charge in [-0.15, -0.1) is 0 Å². The summed E-state index contributed by atoms with van der Waals surface area (Å²) in [7, 11) is 0. The highest BCUT2D eigenvalue weighted by atomic mass is 35.5. The highest BCUT2D eigenvalue weighted by molar-refractivity contribution is 6.29. The third kappa shape index (κ3) is 5.45. The molecule has 0 aliphatic carbocycles. The second kappa shape index (κ2) is 7.80. The lowest BCUT2D eigenvalue weighted by Crippen LogP contribution is -2.37. The Balaban J connectivity index is 1.53. The highest BCUT2D eigenvalue weighted by Gasteiger charge is 2.15. The van der Waals surface area contributed by atoms with Crippen molar-refractivity contribution in [2.24, 2.45) is 0 Å². The van der Waals surface area contributed by atoms with E-state index in [4.69, 9.17) is 11.6 Å². The molecule has 1 saturated heterocycles. The topological polar surface area (TPSA) is 48.4 Å². The van der Waals surface area contributed by atoms with Crippen molar-refractivity contribution in [1.82, 2.24) is 15.2 Å². The molecular formula is C14H22ClN3O. The fourth-order valence-electron chi connectivity index (χ4n) is 2.31. The van der Waals surface area contributed by atoms with Crippen LogP contribution in [0.1, 0.15) is 24.8 Å². The predicted octanol–water partition coefficient (Wildman–Crippen LogP) is 1.67. The van der Waals surface area contributed by atoms with Crippen molar-refractivity contribution in [2.45, 2.75) is 31.9 Å². The molecule has 0 atom stereocenters. The molecule has 2 N–H and O–H groups in total. The molecule has 2 rings (SSSR count). The number of hydrogen-bond acceptors (Lipinski definition) is 4. The first-order valence-corrected chi connectivity index (χ1v) is 7.33. The second-order valence-corrected chi connectivity index (χ2v) is 5.48. The van der Waals surface area contributed by atoms with Gasteiger partial charge >= 0.3 is 0 Å². The van der Waals surface area contributed by atoms with Gasteiger partial charge in [0.15, 0.2) is 0 Å². The van der Waals surface area contributed by atoms with Crippen molar-refractivity contribution in [2.75, 3.05) is 26.2 Å². The Kier molecular flexibility index (Phi) is 6.04.